The fraction of sp³-hybridized carbons (Fsp3) is 0.667. The molecule has 1 heterocycles. The first-order chi connectivity index (χ1) is 7.84. The van der Waals surface area contributed by atoms with Crippen molar-refractivity contribution in [3.8, 4) is 0 Å². The molecule has 2 rings (SSSR count). The van der Waals surface area contributed by atoms with E-state index in [2.05, 4.69) is 15.5 Å². The molecule has 0 aromatic carbocycles. The summed E-state index contributed by atoms with van der Waals surface area (Å²) in [5.74, 6) is 0.871. The average Bonchev–Trinajstić information content (AvgIpc) is 2.30. The van der Waals surface area contributed by atoms with Crippen LogP contribution in [-0.2, 0) is 0 Å². The smallest absolute Gasteiger partial charge is 0.266 e. The number of nitrogens with zero attached hydrogens (tertiary/aromatic N) is 1. The molecule has 1 aromatic rings. The summed E-state index contributed by atoms with van der Waals surface area (Å²) in [6.45, 7) is 0.940. The van der Waals surface area contributed by atoms with E-state index < -0.39 is 0 Å². The summed E-state index contributed by atoms with van der Waals surface area (Å²) in [6, 6.07) is 1.55. The lowest BCUT2D eigenvalue weighted by Crippen LogP contribution is -2.14. The van der Waals surface area contributed by atoms with Crippen molar-refractivity contribution in [2.24, 2.45) is 5.92 Å². The lowest BCUT2D eigenvalue weighted by atomic mass is 9.87. The van der Waals surface area contributed by atoms with E-state index in [9.17, 15) is 4.79 Å². The molecule has 1 aliphatic carbocycles. The molecule has 0 radical (unpaired) electrons. The Bertz CT molecular complexity index is 369. The summed E-state index contributed by atoms with van der Waals surface area (Å²) in [7, 11) is 0. The Balaban J connectivity index is 1.73. The van der Waals surface area contributed by atoms with E-state index in [0.29, 0.717) is 0 Å². The van der Waals surface area contributed by atoms with Crippen LogP contribution in [0.4, 0.5) is 5.69 Å². The van der Waals surface area contributed by atoms with Crippen LogP contribution in [0.25, 0.3) is 0 Å². The van der Waals surface area contributed by atoms with E-state index in [0.717, 1.165) is 18.2 Å². The highest BCUT2D eigenvalue weighted by Crippen LogP contribution is 2.25. The predicted octanol–water partition coefficient (Wildman–Crippen LogP) is 2.15. The molecule has 0 unspecified atom stereocenters. The molecule has 0 aliphatic heterocycles. The number of aromatic amines is 1. The highest BCUT2D eigenvalue weighted by Gasteiger charge is 2.12. The Kier molecular flexibility index (Phi) is 3.97. The van der Waals surface area contributed by atoms with Gasteiger partial charge in [-0.3, -0.25) is 4.79 Å². The summed E-state index contributed by atoms with van der Waals surface area (Å²) in [5, 5.41) is 9.37. The van der Waals surface area contributed by atoms with Crippen molar-refractivity contribution < 1.29 is 0 Å². The van der Waals surface area contributed by atoms with Gasteiger partial charge >= 0.3 is 0 Å². The van der Waals surface area contributed by atoms with Crippen molar-refractivity contribution >= 4 is 5.69 Å². The summed E-state index contributed by atoms with van der Waals surface area (Å²) >= 11 is 0. The first-order valence-corrected chi connectivity index (χ1v) is 6.13. The van der Waals surface area contributed by atoms with E-state index in [1.165, 1.54) is 38.5 Å². The third kappa shape index (κ3) is 3.36. The zero-order chi connectivity index (χ0) is 11.2. The molecule has 1 aliphatic rings. The maximum atomic E-state index is 11.0. The number of nitrogens with one attached hydrogen (secondary N) is 2. The molecule has 2 N–H and O–H groups in total. The van der Waals surface area contributed by atoms with Gasteiger partial charge in [0.15, 0.2) is 0 Å². The second-order valence-electron chi connectivity index (χ2n) is 4.55. The Morgan fingerprint density at radius 3 is 2.94 bits per heavy atom. The number of anilines is 1. The van der Waals surface area contributed by atoms with Crippen LogP contribution in [0.5, 0.6) is 0 Å². The molecule has 1 saturated carbocycles. The molecule has 0 amide bonds. The van der Waals surface area contributed by atoms with Crippen molar-refractivity contribution in [2.45, 2.75) is 38.5 Å². The first kappa shape index (κ1) is 11.2. The van der Waals surface area contributed by atoms with E-state index in [1.54, 1.807) is 12.3 Å². The Morgan fingerprint density at radius 2 is 2.19 bits per heavy atom. The Hall–Kier alpha value is -1.32. The molecule has 1 aromatic heterocycles. The third-order valence-corrected chi connectivity index (χ3v) is 3.27. The van der Waals surface area contributed by atoms with Crippen molar-refractivity contribution in [3.63, 3.8) is 0 Å². The highest BCUT2D eigenvalue weighted by molar-refractivity contribution is 5.38. The van der Waals surface area contributed by atoms with Gasteiger partial charge in [-0.1, -0.05) is 32.1 Å². The van der Waals surface area contributed by atoms with Crippen LogP contribution >= 0.6 is 0 Å². The lowest BCUT2D eigenvalue weighted by molar-refractivity contribution is 0.345. The van der Waals surface area contributed by atoms with Crippen LogP contribution in [0.3, 0.4) is 0 Å². The van der Waals surface area contributed by atoms with Crippen molar-refractivity contribution in [3.05, 3.63) is 22.6 Å². The van der Waals surface area contributed by atoms with Gasteiger partial charge in [-0.05, 0) is 12.3 Å². The predicted molar refractivity (Wildman–Crippen MR) is 64.5 cm³/mol. The van der Waals surface area contributed by atoms with Crippen molar-refractivity contribution in [1.29, 1.82) is 0 Å². The van der Waals surface area contributed by atoms with Crippen molar-refractivity contribution in [1.82, 2.24) is 10.2 Å². The van der Waals surface area contributed by atoms with Gasteiger partial charge in [0.05, 0.1) is 11.9 Å². The number of hydrogen-bond donors (Lipinski definition) is 2. The molecule has 1 fully saturated rings. The molecule has 88 valence electrons. The summed E-state index contributed by atoms with van der Waals surface area (Å²) in [5.41, 5.74) is 0.669. The average molecular weight is 221 g/mol. The lowest BCUT2D eigenvalue weighted by Gasteiger charge is -2.21. The number of aromatic nitrogens is 2. The van der Waals surface area contributed by atoms with Crippen molar-refractivity contribution in [2.75, 3.05) is 11.9 Å². The molecular formula is C12H19N3O. The summed E-state index contributed by atoms with van der Waals surface area (Å²) in [4.78, 5) is 11.0. The molecule has 4 heteroatoms. The van der Waals surface area contributed by atoms with Crippen LogP contribution < -0.4 is 10.9 Å². The molecule has 0 atom stereocenters. The second kappa shape index (κ2) is 5.68. The topological polar surface area (TPSA) is 57.8 Å². The normalized spacial score (nSPS) is 17.2. The molecule has 0 saturated heterocycles. The monoisotopic (exact) mass is 221 g/mol. The van der Waals surface area contributed by atoms with Gasteiger partial charge in [0.2, 0.25) is 0 Å². The van der Waals surface area contributed by atoms with E-state index >= 15 is 0 Å². The van der Waals surface area contributed by atoms with E-state index in [1.807, 2.05) is 0 Å². The van der Waals surface area contributed by atoms with E-state index in [4.69, 9.17) is 0 Å². The van der Waals surface area contributed by atoms with Gasteiger partial charge in [-0.25, -0.2) is 5.10 Å². The first-order valence-electron chi connectivity index (χ1n) is 6.13. The largest absolute Gasteiger partial charge is 0.384 e. The number of H-pyrrole nitrogens is 1. The van der Waals surface area contributed by atoms with Gasteiger partial charge in [-0.2, -0.15) is 5.10 Å². The Labute approximate surface area is 95.5 Å². The summed E-state index contributed by atoms with van der Waals surface area (Å²) < 4.78 is 0. The molecule has 4 nitrogen and oxygen atoms in total. The zero-order valence-corrected chi connectivity index (χ0v) is 9.54. The van der Waals surface area contributed by atoms with Crippen LogP contribution in [-0.4, -0.2) is 16.7 Å². The van der Waals surface area contributed by atoms with Crippen LogP contribution in [0.1, 0.15) is 38.5 Å². The minimum atomic E-state index is -0.150. The van der Waals surface area contributed by atoms with Gasteiger partial charge in [0, 0.05) is 12.6 Å². The maximum Gasteiger partial charge on any atom is 0.266 e. The maximum absolute atomic E-state index is 11.0. The Morgan fingerprint density at radius 1 is 1.38 bits per heavy atom. The fourth-order valence-electron chi connectivity index (χ4n) is 2.37. The third-order valence-electron chi connectivity index (χ3n) is 3.27. The molecule has 16 heavy (non-hydrogen) atoms. The quantitative estimate of drug-likeness (QED) is 0.819. The van der Waals surface area contributed by atoms with Crippen LogP contribution in [0.15, 0.2) is 17.1 Å². The van der Waals surface area contributed by atoms with Gasteiger partial charge in [-0.15, -0.1) is 0 Å². The fourth-order valence-corrected chi connectivity index (χ4v) is 2.37. The van der Waals surface area contributed by atoms with Crippen LogP contribution in [0.2, 0.25) is 0 Å². The minimum Gasteiger partial charge on any atom is -0.384 e. The second-order valence-corrected chi connectivity index (χ2v) is 4.55. The standard InChI is InChI=1S/C12H19N3O/c16-12-8-11(9-14-15-12)13-7-6-10-4-2-1-3-5-10/h8-10H,1-7H2,(H2,13,15,16). The van der Waals surface area contributed by atoms with Gasteiger partial charge in [0.25, 0.3) is 5.56 Å². The molecular weight excluding hydrogens is 202 g/mol. The van der Waals surface area contributed by atoms with Gasteiger partial charge in [0.1, 0.15) is 0 Å². The molecule has 0 spiro atoms. The van der Waals surface area contributed by atoms with Gasteiger partial charge < -0.3 is 5.32 Å². The summed E-state index contributed by atoms with van der Waals surface area (Å²) in [6.07, 6.45) is 9.77. The molecule has 0 bridgehead atoms. The highest BCUT2D eigenvalue weighted by atomic mass is 16.1. The number of rotatable bonds is 4. The SMILES string of the molecule is O=c1cc(NCCC2CCCCC2)cn[nH]1. The zero-order valence-electron chi connectivity index (χ0n) is 9.54. The van der Waals surface area contributed by atoms with Crippen LogP contribution in [0, 0.1) is 5.92 Å². The number of hydrogen-bond acceptors (Lipinski definition) is 3. The minimum absolute atomic E-state index is 0.150. The van der Waals surface area contributed by atoms with E-state index in [-0.39, 0.29) is 5.56 Å².